The predicted molar refractivity (Wildman–Crippen MR) is 149 cm³/mol. The van der Waals surface area contributed by atoms with Gasteiger partial charge >= 0.3 is 6.18 Å². The fourth-order valence-corrected chi connectivity index (χ4v) is 5.50. The van der Waals surface area contributed by atoms with E-state index in [0.29, 0.717) is 66.8 Å². The molecule has 220 valence electrons. The molecule has 0 radical (unpaired) electrons. The molecular formula is C28H36ClF4N5O2. The molecule has 2 aromatic carbocycles. The van der Waals surface area contributed by atoms with E-state index in [0.717, 1.165) is 25.9 Å². The third-order valence-corrected chi connectivity index (χ3v) is 7.78. The summed E-state index contributed by atoms with van der Waals surface area (Å²) in [7, 11) is 0. The number of aliphatic hydroxyl groups excluding tert-OH is 1. The van der Waals surface area contributed by atoms with Gasteiger partial charge in [0.25, 0.3) is 5.91 Å². The van der Waals surface area contributed by atoms with Gasteiger partial charge in [0, 0.05) is 69.0 Å². The maximum atomic E-state index is 14.1. The van der Waals surface area contributed by atoms with Crippen LogP contribution >= 0.6 is 11.6 Å². The number of hydrogen-bond acceptors (Lipinski definition) is 6. The summed E-state index contributed by atoms with van der Waals surface area (Å²) in [6.07, 6.45) is -3.00. The van der Waals surface area contributed by atoms with Crippen molar-refractivity contribution in [3.63, 3.8) is 0 Å². The molecule has 0 bridgehead atoms. The SMILES string of the molecule is O=C(Nc1ccc(Cl)cc1N1CCN(CCC(F)(F)F)CC1)c1ccc(F)cc1CNCCN1CCCC1CO. The number of rotatable bonds is 11. The monoisotopic (exact) mass is 585 g/mol. The van der Waals surface area contributed by atoms with E-state index in [1.165, 1.54) is 18.2 Å². The van der Waals surface area contributed by atoms with Gasteiger partial charge in [-0.15, -0.1) is 0 Å². The highest BCUT2D eigenvalue weighted by Gasteiger charge is 2.29. The molecule has 1 unspecified atom stereocenters. The van der Waals surface area contributed by atoms with E-state index >= 15 is 0 Å². The lowest BCUT2D eigenvalue weighted by molar-refractivity contribution is -0.138. The van der Waals surface area contributed by atoms with Crippen LogP contribution in [-0.2, 0) is 6.54 Å². The van der Waals surface area contributed by atoms with Gasteiger partial charge in [-0.2, -0.15) is 13.2 Å². The average Bonchev–Trinajstić information content (AvgIpc) is 3.38. The van der Waals surface area contributed by atoms with Crippen LogP contribution in [0.2, 0.25) is 5.02 Å². The molecule has 0 spiro atoms. The first-order chi connectivity index (χ1) is 19.1. The van der Waals surface area contributed by atoms with Crippen molar-refractivity contribution in [2.45, 2.75) is 38.0 Å². The molecule has 1 atom stereocenters. The second kappa shape index (κ2) is 14.0. The summed E-state index contributed by atoms with van der Waals surface area (Å²) in [5, 5.41) is 16.2. The van der Waals surface area contributed by atoms with Crippen LogP contribution in [-0.4, -0.2) is 92.0 Å². The van der Waals surface area contributed by atoms with Crippen LogP contribution < -0.4 is 15.5 Å². The number of benzene rings is 2. The summed E-state index contributed by atoms with van der Waals surface area (Å²) < 4.78 is 51.9. The lowest BCUT2D eigenvalue weighted by Crippen LogP contribution is -2.47. The number of anilines is 2. The van der Waals surface area contributed by atoms with Crippen molar-refractivity contribution >= 4 is 28.9 Å². The molecule has 0 aliphatic carbocycles. The highest BCUT2D eigenvalue weighted by Crippen LogP contribution is 2.31. The summed E-state index contributed by atoms with van der Waals surface area (Å²) in [6.45, 7) is 4.59. The molecule has 7 nitrogen and oxygen atoms in total. The van der Waals surface area contributed by atoms with E-state index in [1.54, 1.807) is 23.1 Å². The molecule has 12 heteroatoms. The van der Waals surface area contributed by atoms with Gasteiger partial charge < -0.3 is 20.6 Å². The van der Waals surface area contributed by atoms with Crippen LogP contribution in [0.5, 0.6) is 0 Å². The van der Waals surface area contributed by atoms with E-state index < -0.39 is 24.3 Å². The Labute approximate surface area is 237 Å². The number of carbonyl (C=O) groups is 1. The van der Waals surface area contributed by atoms with Crippen molar-refractivity contribution in [2.75, 3.05) is 69.2 Å². The van der Waals surface area contributed by atoms with Gasteiger partial charge in [-0.05, 0) is 61.3 Å². The lowest BCUT2D eigenvalue weighted by atomic mass is 10.1. The zero-order valence-electron chi connectivity index (χ0n) is 22.3. The number of amides is 1. The Morgan fingerprint density at radius 2 is 1.82 bits per heavy atom. The molecule has 2 saturated heterocycles. The summed E-state index contributed by atoms with van der Waals surface area (Å²) in [5.41, 5.74) is 2.06. The third kappa shape index (κ3) is 8.53. The molecule has 2 aliphatic rings. The van der Waals surface area contributed by atoms with Gasteiger partial charge in [0.05, 0.1) is 24.4 Å². The Hall–Kier alpha value is -2.44. The minimum absolute atomic E-state index is 0.0437. The van der Waals surface area contributed by atoms with Gasteiger partial charge in [-0.1, -0.05) is 11.6 Å². The summed E-state index contributed by atoms with van der Waals surface area (Å²) in [6, 6.07) is 9.31. The Morgan fingerprint density at radius 3 is 2.55 bits per heavy atom. The quantitative estimate of drug-likeness (QED) is 0.269. The van der Waals surface area contributed by atoms with Crippen LogP contribution in [0.1, 0.15) is 35.2 Å². The molecule has 2 aliphatic heterocycles. The average molecular weight is 586 g/mol. The Morgan fingerprint density at radius 1 is 1.05 bits per heavy atom. The van der Waals surface area contributed by atoms with Gasteiger partial charge in [-0.25, -0.2) is 4.39 Å². The molecule has 0 saturated carbocycles. The number of likely N-dealkylation sites (tertiary alicyclic amines) is 1. The molecule has 2 aromatic rings. The second-order valence-corrected chi connectivity index (χ2v) is 10.7. The van der Waals surface area contributed by atoms with Crippen LogP contribution in [0.15, 0.2) is 36.4 Å². The normalized spacial score (nSPS) is 18.9. The van der Waals surface area contributed by atoms with E-state index in [1.807, 2.05) is 4.90 Å². The number of piperazine rings is 1. The first-order valence-corrected chi connectivity index (χ1v) is 14.0. The zero-order valence-corrected chi connectivity index (χ0v) is 23.1. The molecule has 2 fully saturated rings. The van der Waals surface area contributed by atoms with Crippen molar-refractivity contribution in [1.29, 1.82) is 0 Å². The van der Waals surface area contributed by atoms with Crippen LogP contribution in [0.4, 0.5) is 28.9 Å². The van der Waals surface area contributed by atoms with E-state index in [4.69, 9.17) is 11.6 Å². The summed E-state index contributed by atoms with van der Waals surface area (Å²) in [4.78, 5) is 19.4. The standard InChI is InChI=1S/C28H36ClF4N5O2/c29-21-3-6-25(26(17-21)38-14-12-36(13-15-38)10-7-28(31,32)33)35-27(40)24-5-4-22(30)16-20(24)18-34-8-11-37-9-1-2-23(37)19-39/h3-6,16-17,23,34,39H,1-2,7-15,18-19H2,(H,35,40). The molecule has 4 rings (SSSR count). The highest BCUT2D eigenvalue weighted by atomic mass is 35.5. The van der Waals surface area contributed by atoms with Crippen molar-refractivity contribution in [3.8, 4) is 0 Å². The Balaban J connectivity index is 1.38. The third-order valence-electron chi connectivity index (χ3n) is 7.55. The van der Waals surface area contributed by atoms with Crippen molar-refractivity contribution in [1.82, 2.24) is 15.1 Å². The molecule has 40 heavy (non-hydrogen) atoms. The molecule has 2 heterocycles. The lowest BCUT2D eigenvalue weighted by Gasteiger charge is -2.37. The Kier molecular flexibility index (Phi) is 10.6. The largest absolute Gasteiger partial charge is 0.395 e. The fraction of sp³-hybridized carbons (Fsp3) is 0.536. The summed E-state index contributed by atoms with van der Waals surface area (Å²) in [5.74, 6) is -0.840. The van der Waals surface area contributed by atoms with Crippen molar-refractivity contribution in [2.24, 2.45) is 0 Å². The van der Waals surface area contributed by atoms with E-state index in [9.17, 15) is 27.5 Å². The predicted octanol–water partition coefficient (Wildman–Crippen LogP) is 4.35. The van der Waals surface area contributed by atoms with Gasteiger partial charge in [0.2, 0.25) is 0 Å². The zero-order chi connectivity index (χ0) is 28.7. The number of hydrogen-bond donors (Lipinski definition) is 3. The van der Waals surface area contributed by atoms with Crippen LogP contribution in [0, 0.1) is 5.82 Å². The topological polar surface area (TPSA) is 71.1 Å². The molecule has 3 N–H and O–H groups in total. The minimum atomic E-state index is -4.19. The van der Waals surface area contributed by atoms with Crippen LogP contribution in [0.3, 0.4) is 0 Å². The fourth-order valence-electron chi connectivity index (χ4n) is 5.33. The molecule has 0 aromatic heterocycles. The first-order valence-electron chi connectivity index (χ1n) is 13.6. The van der Waals surface area contributed by atoms with Crippen molar-refractivity contribution in [3.05, 3.63) is 58.4 Å². The smallest absolute Gasteiger partial charge is 0.390 e. The minimum Gasteiger partial charge on any atom is -0.395 e. The van der Waals surface area contributed by atoms with Crippen LogP contribution in [0.25, 0.3) is 0 Å². The summed E-state index contributed by atoms with van der Waals surface area (Å²) >= 11 is 6.26. The maximum Gasteiger partial charge on any atom is 0.390 e. The Bertz CT molecular complexity index is 1140. The van der Waals surface area contributed by atoms with Gasteiger partial charge in [0.1, 0.15) is 5.82 Å². The number of nitrogens with one attached hydrogen (secondary N) is 2. The van der Waals surface area contributed by atoms with Gasteiger partial charge in [-0.3, -0.25) is 14.6 Å². The maximum absolute atomic E-state index is 14.1. The number of aliphatic hydroxyl groups is 1. The second-order valence-electron chi connectivity index (χ2n) is 10.3. The number of halogens is 5. The number of nitrogens with zero attached hydrogens (tertiary/aromatic N) is 3. The van der Waals surface area contributed by atoms with Gasteiger partial charge in [0.15, 0.2) is 0 Å². The number of alkyl halides is 3. The highest BCUT2D eigenvalue weighted by molar-refractivity contribution is 6.31. The van der Waals surface area contributed by atoms with Crippen molar-refractivity contribution < 1.29 is 27.5 Å². The molecular weight excluding hydrogens is 550 g/mol. The van der Waals surface area contributed by atoms with E-state index in [2.05, 4.69) is 15.5 Å². The van der Waals surface area contributed by atoms with E-state index in [-0.39, 0.29) is 19.2 Å². The first kappa shape index (κ1) is 30.5. The number of carbonyl (C=O) groups excluding carboxylic acids is 1. The molecule has 1 amide bonds.